The van der Waals surface area contributed by atoms with Gasteiger partial charge in [0.05, 0.1) is 5.52 Å². The van der Waals surface area contributed by atoms with E-state index in [4.69, 9.17) is 0 Å². The maximum Gasteiger partial charge on any atom is 2.00 e. The molecule has 0 aliphatic rings. The van der Waals surface area contributed by atoms with Crippen LogP contribution in [0, 0.1) is 14.4 Å². The van der Waals surface area contributed by atoms with Crippen LogP contribution in [0.4, 0.5) is 0 Å². The first-order valence-electron chi connectivity index (χ1n) is 4.22. The first-order valence-corrected chi connectivity index (χ1v) is 4.22. The zero-order valence-electron chi connectivity index (χ0n) is 8.98. The van der Waals surface area contributed by atoms with E-state index in [1.54, 1.807) is 6.08 Å². The summed E-state index contributed by atoms with van der Waals surface area (Å²) in [4.78, 5) is 4.44. The average molecular weight is 249 g/mol. The van der Waals surface area contributed by atoms with Crippen LogP contribution in [0.3, 0.4) is 0 Å². The molecule has 2 rings (SSSR count). The molecule has 0 atom stereocenters. The number of hydrogen-bond donors (Lipinski definition) is 0. The molecule has 0 bridgehead atoms. The molecular formula is C13H13NZn. The van der Waals surface area contributed by atoms with Gasteiger partial charge in [0.25, 0.3) is 0 Å². The van der Waals surface area contributed by atoms with Gasteiger partial charge in [0.2, 0.25) is 0 Å². The van der Waals surface area contributed by atoms with Gasteiger partial charge in [-0.15, -0.1) is 0 Å². The van der Waals surface area contributed by atoms with Gasteiger partial charge in [-0.05, 0) is 11.8 Å². The Kier molecular flexibility index (Phi) is 5.88. The van der Waals surface area contributed by atoms with Gasteiger partial charge in [-0.1, -0.05) is 30.3 Å². The van der Waals surface area contributed by atoms with Crippen molar-refractivity contribution in [1.29, 1.82) is 0 Å². The fraction of sp³-hybridized carbons (Fsp3) is 0. The van der Waals surface area contributed by atoms with Crippen molar-refractivity contribution in [3.63, 3.8) is 0 Å². The molecule has 72 valence electrons. The number of aromatic nitrogens is 1. The molecule has 0 saturated carbocycles. The van der Waals surface area contributed by atoms with E-state index in [1.807, 2.05) is 30.3 Å². The van der Waals surface area contributed by atoms with Crippen molar-refractivity contribution in [3.8, 4) is 0 Å². The van der Waals surface area contributed by atoms with Gasteiger partial charge >= 0.3 is 19.5 Å². The molecule has 0 radical (unpaired) electrons. The maximum absolute atomic E-state index is 4.44. The molecule has 2 aromatic rings. The minimum atomic E-state index is 0. The molecule has 1 aromatic heterocycles. The molecule has 1 heterocycles. The minimum Gasteiger partial charge on any atom is -0.358 e. The summed E-state index contributed by atoms with van der Waals surface area (Å²) in [6.45, 7) is 3.64. The second-order valence-electron chi connectivity index (χ2n) is 2.83. The smallest absolute Gasteiger partial charge is 0.358 e. The summed E-state index contributed by atoms with van der Waals surface area (Å²) < 4.78 is 0. The Bertz CT molecular complexity index is 449. The molecule has 0 aliphatic heterocycles. The number of para-hydroxylation sites is 1. The van der Waals surface area contributed by atoms with Crippen LogP contribution >= 0.6 is 0 Å². The van der Waals surface area contributed by atoms with Crippen molar-refractivity contribution >= 4 is 17.0 Å². The van der Waals surface area contributed by atoms with Crippen LogP contribution < -0.4 is 0 Å². The number of nitrogens with zero attached hydrogens (tertiary/aromatic N) is 1. The Labute approximate surface area is 104 Å². The average Bonchev–Trinajstić information content (AvgIpc) is 2.18. The molecule has 0 N–H and O–H groups in total. The molecule has 15 heavy (non-hydrogen) atoms. The van der Waals surface area contributed by atoms with Gasteiger partial charge in [0.1, 0.15) is 0 Å². The van der Waals surface area contributed by atoms with Crippen LogP contribution in [0.2, 0.25) is 0 Å². The Morgan fingerprint density at radius 2 is 1.80 bits per heavy atom. The number of allylic oxidation sites excluding steroid dienone is 1. The fourth-order valence-electron chi connectivity index (χ4n) is 1.30. The van der Waals surface area contributed by atoms with Crippen molar-refractivity contribution in [2.45, 2.75) is 0 Å². The Morgan fingerprint density at radius 3 is 2.53 bits per heavy atom. The van der Waals surface area contributed by atoms with Crippen LogP contribution in [0.5, 0.6) is 0 Å². The first kappa shape index (κ1) is 13.9. The van der Waals surface area contributed by atoms with Crippen molar-refractivity contribution in [2.24, 2.45) is 0 Å². The van der Waals surface area contributed by atoms with Crippen molar-refractivity contribution in [3.05, 3.63) is 62.5 Å². The minimum absolute atomic E-state index is 0. The maximum atomic E-state index is 4.44. The third kappa shape index (κ3) is 3.18. The van der Waals surface area contributed by atoms with E-state index in [-0.39, 0.29) is 26.9 Å². The summed E-state index contributed by atoms with van der Waals surface area (Å²) in [5.74, 6) is 0. The van der Waals surface area contributed by atoms with Gasteiger partial charge in [-0.3, -0.25) is 4.98 Å². The third-order valence-electron chi connectivity index (χ3n) is 1.91. The molecule has 2 heteroatoms. The van der Waals surface area contributed by atoms with E-state index in [1.165, 1.54) is 5.39 Å². The summed E-state index contributed by atoms with van der Waals surface area (Å²) in [6, 6.07) is 12.1. The summed E-state index contributed by atoms with van der Waals surface area (Å²) in [7, 11) is 0. The van der Waals surface area contributed by atoms with E-state index in [0.717, 1.165) is 11.2 Å². The first-order chi connectivity index (χ1) is 6.40. The fourth-order valence-corrected chi connectivity index (χ4v) is 1.30. The second kappa shape index (κ2) is 6.37. The third-order valence-corrected chi connectivity index (χ3v) is 1.91. The van der Waals surface area contributed by atoms with Crippen LogP contribution in [-0.4, -0.2) is 4.98 Å². The Morgan fingerprint density at radius 1 is 1.07 bits per heavy atom. The van der Waals surface area contributed by atoms with Gasteiger partial charge in [-0.2, -0.15) is 6.08 Å². The number of rotatable bonds is 1. The van der Waals surface area contributed by atoms with Crippen molar-refractivity contribution < 1.29 is 19.5 Å². The summed E-state index contributed by atoms with van der Waals surface area (Å²) in [5.41, 5.74) is 1.98. The number of benzene rings is 1. The quantitative estimate of drug-likeness (QED) is 0.556. The number of pyridine rings is 1. The van der Waals surface area contributed by atoms with Gasteiger partial charge < -0.3 is 7.43 Å². The summed E-state index contributed by atoms with van der Waals surface area (Å²) in [5, 5.41) is 1.17. The predicted octanol–water partition coefficient (Wildman–Crippen LogP) is 3.53. The summed E-state index contributed by atoms with van der Waals surface area (Å²) >= 11 is 0. The van der Waals surface area contributed by atoms with Crippen LogP contribution in [0.15, 0.2) is 42.5 Å². The van der Waals surface area contributed by atoms with E-state index in [2.05, 4.69) is 24.0 Å². The summed E-state index contributed by atoms with van der Waals surface area (Å²) in [6.07, 6.45) is 3.64. The van der Waals surface area contributed by atoms with E-state index < -0.39 is 0 Å². The Balaban J connectivity index is 0.000000980. The van der Waals surface area contributed by atoms with E-state index >= 15 is 0 Å². The van der Waals surface area contributed by atoms with Crippen LogP contribution in [-0.2, 0) is 19.5 Å². The zero-order chi connectivity index (χ0) is 9.10. The Hall–Kier alpha value is -1.14. The van der Waals surface area contributed by atoms with Crippen LogP contribution in [0.25, 0.3) is 17.0 Å². The molecule has 0 spiro atoms. The molecule has 1 aromatic carbocycles. The molecule has 0 aliphatic carbocycles. The van der Waals surface area contributed by atoms with Crippen molar-refractivity contribution in [2.75, 3.05) is 0 Å². The van der Waals surface area contributed by atoms with Crippen molar-refractivity contribution in [1.82, 2.24) is 4.98 Å². The molecular weight excluding hydrogens is 236 g/mol. The monoisotopic (exact) mass is 247 g/mol. The normalized spacial score (nSPS) is 9.60. The number of hydrogen-bond acceptors (Lipinski definition) is 1. The molecule has 0 amide bonds. The SMILES string of the molecule is [CH2-]/C=C/c1ccc2ccccc2n1.[CH3-].[Zn+2]. The molecule has 1 nitrogen and oxygen atoms in total. The molecule has 0 saturated heterocycles. The second-order valence-corrected chi connectivity index (χ2v) is 2.83. The topological polar surface area (TPSA) is 12.9 Å². The standard InChI is InChI=1S/C12H10N.CH3.Zn/c1-2-5-11-9-8-10-6-3-4-7-12(10)13-11;;/h2-9H,1H2;1H3;/q2*-1;+2/b5-2+;;. The van der Waals surface area contributed by atoms with E-state index in [9.17, 15) is 0 Å². The molecule has 0 fully saturated rings. The largest absolute Gasteiger partial charge is 2.00 e. The van der Waals surface area contributed by atoms with E-state index in [0.29, 0.717) is 0 Å². The molecule has 0 unspecified atom stereocenters. The van der Waals surface area contributed by atoms with Crippen LogP contribution in [0.1, 0.15) is 5.69 Å². The number of fused-ring (bicyclic) bond motifs is 1. The zero-order valence-corrected chi connectivity index (χ0v) is 11.9. The predicted molar refractivity (Wildman–Crippen MR) is 62.5 cm³/mol. The van der Waals surface area contributed by atoms with Gasteiger partial charge in [0.15, 0.2) is 0 Å². The van der Waals surface area contributed by atoms with Gasteiger partial charge in [0, 0.05) is 5.39 Å². The van der Waals surface area contributed by atoms with Gasteiger partial charge in [-0.25, -0.2) is 13.0 Å².